The number of aryl methyl sites for hydroxylation is 1. The zero-order chi connectivity index (χ0) is 10.4. The third-order valence-corrected chi connectivity index (χ3v) is 3.80. The molecule has 2 aromatic rings. The van der Waals surface area contributed by atoms with E-state index in [2.05, 4.69) is 11.9 Å². The smallest absolute Gasteiger partial charge is 0.299 e. The van der Waals surface area contributed by atoms with Crippen molar-refractivity contribution in [2.24, 2.45) is 0 Å². The normalized spacial score (nSPS) is 14.2. The molecule has 78 valence electrons. The Labute approximate surface area is 90.1 Å². The molecule has 0 spiro atoms. The molecule has 0 saturated heterocycles. The number of nitrogens with zero attached hydrogens (tertiary/aromatic N) is 2. The molecule has 0 aliphatic carbocycles. The lowest BCUT2D eigenvalue weighted by atomic mass is 10.3. The third-order valence-electron chi connectivity index (χ3n) is 2.54. The van der Waals surface area contributed by atoms with Crippen LogP contribution in [-0.2, 0) is 13.0 Å². The first-order chi connectivity index (χ1) is 7.29. The third kappa shape index (κ3) is 1.19. The van der Waals surface area contributed by atoms with E-state index in [-0.39, 0.29) is 5.56 Å². The quantitative estimate of drug-likeness (QED) is 0.732. The predicted molar refractivity (Wildman–Crippen MR) is 58.8 cm³/mol. The van der Waals surface area contributed by atoms with Gasteiger partial charge in [0.25, 0.3) is 11.6 Å². The number of rotatable bonds is 1. The predicted octanol–water partition coefficient (Wildman–Crippen LogP) is 1.41. The number of hydrogen-bond donors (Lipinski definition) is 0. The molecule has 2 aromatic heterocycles. The van der Waals surface area contributed by atoms with Gasteiger partial charge in [-0.1, -0.05) is 6.92 Å². The average molecular weight is 222 g/mol. The molecule has 0 atom stereocenters. The van der Waals surface area contributed by atoms with Gasteiger partial charge >= 0.3 is 0 Å². The first kappa shape index (κ1) is 8.91. The first-order valence-corrected chi connectivity index (χ1v) is 5.77. The summed E-state index contributed by atoms with van der Waals surface area (Å²) in [4.78, 5) is 17.5. The summed E-state index contributed by atoms with van der Waals surface area (Å²) in [5.74, 6) is 0. The Morgan fingerprint density at radius 2 is 2.53 bits per heavy atom. The van der Waals surface area contributed by atoms with Crippen LogP contribution in [0.3, 0.4) is 0 Å². The summed E-state index contributed by atoms with van der Waals surface area (Å²) in [6, 6.07) is 2.44. The molecule has 0 unspecified atom stereocenters. The Hall–Kier alpha value is -1.36. The van der Waals surface area contributed by atoms with Crippen LogP contribution in [0.5, 0.6) is 6.01 Å². The van der Waals surface area contributed by atoms with Crippen molar-refractivity contribution in [3.05, 3.63) is 21.3 Å². The summed E-state index contributed by atoms with van der Waals surface area (Å²) in [7, 11) is 0. The molecule has 4 nitrogen and oxygen atoms in total. The van der Waals surface area contributed by atoms with Crippen LogP contribution in [0.2, 0.25) is 0 Å². The summed E-state index contributed by atoms with van der Waals surface area (Å²) in [5, 5.41) is 0. The molecule has 3 heterocycles. The molecule has 0 radical (unpaired) electrons. The maximum atomic E-state index is 12.0. The number of thiophene rings is 1. The van der Waals surface area contributed by atoms with Gasteiger partial charge in [0, 0.05) is 4.88 Å². The van der Waals surface area contributed by atoms with Gasteiger partial charge in [-0.2, -0.15) is 4.98 Å². The van der Waals surface area contributed by atoms with Crippen LogP contribution in [0.25, 0.3) is 10.2 Å². The van der Waals surface area contributed by atoms with E-state index in [1.807, 2.05) is 6.07 Å². The lowest BCUT2D eigenvalue weighted by molar-refractivity contribution is 0.345. The highest BCUT2D eigenvalue weighted by Crippen LogP contribution is 2.24. The largest absolute Gasteiger partial charge is 0.463 e. The molecule has 5 heteroatoms. The molecule has 1 aliphatic heterocycles. The van der Waals surface area contributed by atoms with E-state index < -0.39 is 0 Å². The Morgan fingerprint density at radius 3 is 3.33 bits per heavy atom. The van der Waals surface area contributed by atoms with E-state index in [0.29, 0.717) is 19.2 Å². The molecule has 15 heavy (non-hydrogen) atoms. The van der Waals surface area contributed by atoms with E-state index in [0.717, 1.165) is 16.6 Å². The van der Waals surface area contributed by atoms with E-state index in [4.69, 9.17) is 4.74 Å². The molecule has 0 bridgehead atoms. The molecular formula is C10H10N2O2S. The topological polar surface area (TPSA) is 44.1 Å². The van der Waals surface area contributed by atoms with Crippen LogP contribution in [0.1, 0.15) is 11.8 Å². The Kier molecular flexibility index (Phi) is 1.82. The molecule has 0 aromatic carbocycles. The van der Waals surface area contributed by atoms with E-state index in [1.165, 1.54) is 16.2 Å². The average Bonchev–Trinajstić information content (AvgIpc) is 2.83. The van der Waals surface area contributed by atoms with Gasteiger partial charge in [0.15, 0.2) is 0 Å². The number of hydrogen-bond acceptors (Lipinski definition) is 4. The van der Waals surface area contributed by atoms with E-state index >= 15 is 0 Å². The van der Waals surface area contributed by atoms with Gasteiger partial charge in [-0.25, -0.2) is 0 Å². The van der Waals surface area contributed by atoms with E-state index in [9.17, 15) is 4.79 Å². The Morgan fingerprint density at radius 1 is 1.67 bits per heavy atom. The number of aromatic nitrogens is 2. The van der Waals surface area contributed by atoms with Gasteiger partial charge in [-0.3, -0.25) is 9.36 Å². The van der Waals surface area contributed by atoms with Gasteiger partial charge in [0.1, 0.15) is 11.3 Å². The van der Waals surface area contributed by atoms with Gasteiger partial charge in [0.05, 0.1) is 12.1 Å². The molecule has 3 rings (SSSR count). The highest BCUT2D eigenvalue weighted by Gasteiger charge is 2.18. The summed E-state index contributed by atoms with van der Waals surface area (Å²) in [5.41, 5.74) is 0.812. The fraction of sp³-hybridized carbons (Fsp3) is 0.400. The van der Waals surface area contributed by atoms with Crippen molar-refractivity contribution < 1.29 is 4.74 Å². The second-order valence-electron chi connectivity index (χ2n) is 3.48. The van der Waals surface area contributed by atoms with Crippen molar-refractivity contribution in [3.63, 3.8) is 0 Å². The minimum absolute atomic E-state index is 0.0391. The standard InChI is InChI=1S/C10H10N2O2S/c1-2-6-5-7-8(15-6)9(13)12-3-4-14-10(12)11-7/h5H,2-4H2,1H3. The molecule has 1 aliphatic rings. The molecule has 0 saturated carbocycles. The highest BCUT2D eigenvalue weighted by molar-refractivity contribution is 7.18. The van der Waals surface area contributed by atoms with Crippen LogP contribution in [0.4, 0.5) is 0 Å². The lowest BCUT2D eigenvalue weighted by Crippen LogP contribution is -2.17. The first-order valence-electron chi connectivity index (χ1n) is 4.95. The Bertz CT molecular complexity index is 585. The minimum Gasteiger partial charge on any atom is -0.463 e. The molecular weight excluding hydrogens is 212 g/mol. The molecule has 0 amide bonds. The van der Waals surface area contributed by atoms with E-state index in [1.54, 1.807) is 4.57 Å². The highest BCUT2D eigenvalue weighted by atomic mass is 32.1. The number of ether oxygens (including phenoxy) is 1. The van der Waals surface area contributed by atoms with Crippen molar-refractivity contribution in [1.82, 2.24) is 9.55 Å². The zero-order valence-electron chi connectivity index (χ0n) is 8.32. The van der Waals surface area contributed by atoms with Gasteiger partial charge in [-0.15, -0.1) is 11.3 Å². The van der Waals surface area contributed by atoms with Crippen LogP contribution >= 0.6 is 11.3 Å². The van der Waals surface area contributed by atoms with Gasteiger partial charge in [0.2, 0.25) is 0 Å². The molecule has 0 fully saturated rings. The second kappa shape index (κ2) is 3.06. The fourth-order valence-corrected chi connectivity index (χ4v) is 2.73. The summed E-state index contributed by atoms with van der Waals surface area (Å²) in [6.07, 6.45) is 0.941. The van der Waals surface area contributed by atoms with Crippen molar-refractivity contribution in [2.45, 2.75) is 19.9 Å². The fourth-order valence-electron chi connectivity index (χ4n) is 1.75. The monoisotopic (exact) mass is 222 g/mol. The summed E-state index contributed by atoms with van der Waals surface area (Å²) in [6.45, 7) is 3.25. The summed E-state index contributed by atoms with van der Waals surface area (Å²) >= 11 is 1.54. The summed E-state index contributed by atoms with van der Waals surface area (Å²) < 4.78 is 7.65. The maximum Gasteiger partial charge on any atom is 0.299 e. The van der Waals surface area contributed by atoms with Crippen LogP contribution < -0.4 is 10.3 Å². The SMILES string of the molecule is CCc1cc2nc3n(c(=O)c2s1)CCO3. The zero-order valence-corrected chi connectivity index (χ0v) is 9.13. The van der Waals surface area contributed by atoms with Crippen LogP contribution in [-0.4, -0.2) is 16.2 Å². The second-order valence-corrected chi connectivity index (χ2v) is 4.62. The Balaban J connectivity index is 2.38. The van der Waals surface area contributed by atoms with Crippen molar-refractivity contribution in [3.8, 4) is 6.01 Å². The van der Waals surface area contributed by atoms with Gasteiger partial charge < -0.3 is 4.74 Å². The van der Waals surface area contributed by atoms with Crippen molar-refractivity contribution >= 4 is 21.6 Å². The minimum atomic E-state index is 0.0391. The number of fused-ring (bicyclic) bond motifs is 2. The van der Waals surface area contributed by atoms with Crippen LogP contribution in [0, 0.1) is 0 Å². The van der Waals surface area contributed by atoms with Crippen LogP contribution in [0.15, 0.2) is 10.9 Å². The maximum absolute atomic E-state index is 12.0. The van der Waals surface area contributed by atoms with Gasteiger partial charge in [-0.05, 0) is 12.5 Å². The molecule has 0 N–H and O–H groups in total. The van der Waals surface area contributed by atoms with Crippen molar-refractivity contribution in [1.29, 1.82) is 0 Å². The lowest BCUT2D eigenvalue weighted by Gasteiger charge is -1.98. The van der Waals surface area contributed by atoms with Crippen molar-refractivity contribution in [2.75, 3.05) is 6.61 Å².